The van der Waals surface area contributed by atoms with E-state index in [1.54, 1.807) is 24.3 Å². The highest BCUT2D eigenvalue weighted by Gasteiger charge is 2.28. The highest BCUT2D eigenvalue weighted by atomic mass is 32.2. The van der Waals surface area contributed by atoms with Gasteiger partial charge in [-0.05, 0) is 24.6 Å². The van der Waals surface area contributed by atoms with Gasteiger partial charge in [0.1, 0.15) is 0 Å². The molecular weight excluding hydrogens is 408 g/mol. The van der Waals surface area contributed by atoms with Gasteiger partial charge in [0.25, 0.3) is 0 Å². The van der Waals surface area contributed by atoms with Crippen LogP contribution >= 0.6 is 0 Å². The van der Waals surface area contributed by atoms with Gasteiger partial charge in [-0.1, -0.05) is 48.0 Å². The zero-order chi connectivity index (χ0) is 21.7. The maximum absolute atomic E-state index is 13.1. The van der Waals surface area contributed by atoms with Crippen LogP contribution in [0.4, 0.5) is 0 Å². The van der Waals surface area contributed by atoms with E-state index in [9.17, 15) is 8.42 Å². The third-order valence-electron chi connectivity index (χ3n) is 4.21. The standard InChI is InChI=1S/C22H30O7S/c1-19-7-9-21(10-8-19)30(24,25)22(29-17-20-5-3-2-4-6-20)18-28-16-15-27-14-13-26-12-11-23/h2-10,22-23H,11-18H2,1H3. The maximum atomic E-state index is 13.1. The van der Waals surface area contributed by atoms with E-state index in [1.807, 2.05) is 37.3 Å². The molecule has 0 aliphatic carbocycles. The molecule has 2 aromatic rings. The van der Waals surface area contributed by atoms with Crippen LogP contribution in [0.3, 0.4) is 0 Å². The van der Waals surface area contributed by atoms with Crippen LogP contribution in [0.5, 0.6) is 0 Å². The van der Waals surface area contributed by atoms with E-state index in [1.165, 1.54) is 0 Å². The van der Waals surface area contributed by atoms with E-state index >= 15 is 0 Å². The molecule has 1 atom stereocenters. The summed E-state index contributed by atoms with van der Waals surface area (Å²) in [4.78, 5) is 0.201. The summed E-state index contributed by atoms with van der Waals surface area (Å²) in [6.45, 7) is 3.50. The molecule has 0 saturated carbocycles. The van der Waals surface area contributed by atoms with E-state index < -0.39 is 15.3 Å². The SMILES string of the molecule is Cc1ccc(S(=O)(=O)C(COCCOCCOCCO)OCc2ccccc2)cc1. The molecule has 0 amide bonds. The molecule has 0 aliphatic rings. The second-order valence-corrected chi connectivity index (χ2v) is 8.69. The summed E-state index contributed by atoms with van der Waals surface area (Å²) in [5, 5.41) is 8.62. The number of aliphatic hydroxyl groups excluding tert-OH is 1. The molecule has 0 spiro atoms. The second-order valence-electron chi connectivity index (χ2n) is 6.61. The second kappa shape index (κ2) is 13.5. The van der Waals surface area contributed by atoms with Crippen LogP contribution in [-0.2, 0) is 35.4 Å². The molecular formula is C22H30O7S. The average molecular weight is 439 g/mol. The molecule has 0 aliphatic heterocycles. The lowest BCUT2D eigenvalue weighted by Crippen LogP contribution is -2.30. The summed E-state index contributed by atoms with van der Waals surface area (Å²) >= 11 is 0. The molecule has 0 bridgehead atoms. The molecule has 166 valence electrons. The van der Waals surface area contributed by atoms with E-state index in [0.717, 1.165) is 11.1 Å². The van der Waals surface area contributed by atoms with E-state index in [2.05, 4.69) is 0 Å². The number of benzene rings is 2. The minimum Gasteiger partial charge on any atom is -0.394 e. The maximum Gasteiger partial charge on any atom is 0.207 e. The van der Waals surface area contributed by atoms with Crippen molar-refractivity contribution in [2.24, 2.45) is 0 Å². The number of sulfone groups is 1. The number of ether oxygens (including phenoxy) is 4. The van der Waals surface area contributed by atoms with Gasteiger partial charge in [-0.2, -0.15) is 0 Å². The number of hydrogen-bond donors (Lipinski definition) is 1. The fraction of sp³-hybridized carbons (Fsp3) is 0.455. The minimum atomic E-state index is -3.73. The van der Waals surface area contributed by atoms with Crippen molar-refractivity contribution < 1.29 is 32.5 Å². The fourth-order valence-electron chi connectivity index (χ4n) is 2.55. The van der Waals surface area contributed by atoms with Crippen molar-refractivity contribution in [2.75, 3.05) is 46.2 Å². The Bertz CT molecular complexity index is 807. The summed E-state index contributed by atoms with van der Waals surface area (Å²) in [5.41, 5.74) is 0.730. The lowest BCUT2D eigenvalue weighted by atomic mass is 10.2. The molecule has 0 heterocycles. The molecule has 1 N–H and O–H groups in total. The number of aliphatic hydroxyl groups is 1. The summed E-state index contributed by atoms with van der Waals surface area (Å²) in [7, 11) is -3.73. The highest BCUT2D eigenvalue weighted by Crippen LogP contribution is 2.19. The Morgan fingerprint density at radius 1 is 0.833 bits per heavy atom. The lowest BCUT2D eigenvalue weighted by molar-refractivity contribution is -0.0173. The van der Waals surface area contributed by atoms with Gasteiger partial charge in [0.05, 0.1) is 57.8 Å². The third-order valence-corrected chi connectivity index (χ3v) is 6.10. The Kier molecular flexibility index (Phi) is 11.0. The number of aryl methyl sites for hydroxylation is 1. The highest BCUT2D eigenvalue weighted by molar-refractivity contribution is 7.92. The molecule has 7 nitrogen and oxygen atoms in total. The summed E-state index contributed by atoms with van der Waals surface area (Å²) in [5.74, 6) is 0. The monoisotopic (exact) mass is 438 g/mol. The summed E-state index contributed by atoms with van der Waals surface area (Å²) in [6.07, 6.45) is 0. The molecule has 8 heteroatoms. The normalized spacial score (nSPS) is 12.7. The smallest absolute Gasteiger partial charge is 0.207 e. The van der Waals surface area contributed by atoms with Gasteiger partial charge in [-0.25, -0.2) is 8.42 Å². The van der Waals surface area contributed by atoms with Crippen LogP contribution in [0, 0.1) is 6.92 Å². The molecule has 0 fully saturated rings. The van der Waals surface area contributed by atoms with E-state index in [0.29, 0.717) is 19.8 Å². The lowest BCUT2D eigenvalue weighted by Gasteiger charge is -2.19. The van der Waals surface area contributed by atoms with Gasteiger partial charge in [0.2, 0.25) is 9.84 Å². The van der Waals surface area contributed by atoms with E-state index in [-0.39, 0.29) is 37.9 Å². The topological polar surface area (TPSA) is 91.3 Å². The van der Waals surface area contributed by atoms with Crippen LogP contribution in [0.25, 0.3) is 0 Å². The van der Waals surface area contributed by atoms with Crippen LogP contribution in [0.1, 0.15) is 11.1 Å². The number of hydrogen-bond acceptors (Lipinski definition) is 7. The first-order valence-electron chi connectivity index (χ1n) is 9.84. The van der Waals surface area contributed by atoms with Crippen molar-refractivity contribution in [3.05, 3.63) is 65.7 Å². The van der Waals surface area contributed by atoms with Gasteiger partial charge in [0, 0.05) is 0 Å². The zero-order valence-electron chi connectivity index (χ0n) is 17.2. The van der Waals surface area contributed by atoms with Crippen LogP contribution in [-0.4, -0.2) is 65.2 Å². The summed E-state index contributed by atoms with van der Waals surface area (Å²) < 4.78 is 47.8. The van der Waals surface area contributed by atoms with Crippen molar-refractivity contribution in [2.45, 2.75) is 23.9 Å². The molecule has 0 radical (unpaired) electrons. The molecule has 0 aromatic heterocycles. The molecule has 2 aromatic carbocycles. The van der Waals surface area contributed by atoms with Crippen molar-refractivity contribution >= 4 is 9.84 Å². The quantitative estimate of drug-likeness (QED) is 0.427. The van der Waals surface area contributed by atoms with Crippen molar-refractivity contribution in [1.82, 2.24) is 0 Å². The predicted octanol–water partition coefficient (Wildman–Crippen LogP) is 2.35. The van der Waals surface area contributed by atoms with Crippen LogP contribution in [0.2, 0.25) is 0 Å². The Morgan fingerprint density at radius 2 is 1.43 bits per heavy atom. The van der Waals surface area contributed by atoms with Gasteiger partial charge < -0.3 is 24.1 Å². The van der Waals surface area contributed by atoms with Crippen LogP contribution in [0.15, 0.2) is 59.5 Å². The fourth-order valence-corrected chi connectivity index (χ4v) is 3.90. The third kappa shape index (κ3) is 8.51. The Hall–Kier alpha value is -1.81. The van der Waals surface area contributed by atoms with E-state index in [4.69, 9.17) is 24.1 Å². The molecule has 30 heavy (non-hydrogen) atoms. The Morgan fingerprint density at radius 3 is 2.07 bits per heavy atom. The zero-order valence-corrected chi connectivity index (χ0v) is 18.1. The Balaban J connectivity index is 1.90. The molecule has 2 rings (SSSR count). The predicted molar refractivity (Wildman–Crippen MR) is 113 cm³/mol. The Labute approximate surface area is 178 Å². The number of rotatable bonds is 15. The van der Waals surface area contributed by atoms with Gasteiger partial charge in [-0.15, -0.1) is 0 Å². The van der Waals surface area contributed by atoms with Crippen molar-refractivity contribution in [3.8, 4) is 0 Å². The van der Waals surface area contributed by atoms with Crippen LogP contribution < -0.4 is 0 Å². The largest absolute Gasteiger partial charge is 0.394 e. The van der Waals surface area contributed by atoms with Crippen molar-refractivity contribution in [3.63, 3.8) is 0 Å². The average Bonchev–Trinajstić information content (AvgIpc) is 2.75. The first-order chi connectivity index (χ1) is 14.5. The molecule has 1 unspecified atom stereocenters. The van der Waals surface area contributed by atoms with Gasteiger partial charge >= 0.3 is 0 Å². The first kappa shape index (κ1) is 24.5. The molecule has 0 saturated heterocycles. The van der Waals surface area contributed by atoms with Gasteiger partial charge in [0.15, 0.2) is 5.44 Å². The summed E-state index contributed by atoms with van der Waals surface area (Å²) in [6, 6.07) is 16.1. The minimum absolute atomic E-state index is 0.0249. The van der Waals surface area contributed by atoms with Gasteiger partial charge in [-0.3, -0.25) is 0 Å². The first-order valence-corrected chi connectivity index (χ1v) is 11.4. The van der Waals surface area contributed by atoms with Crippen molar-refractivity contribution in [1.29, 1.82) is 0 Å².